The van der Waals surface area contributed by atoms with Gasteiger partial charge in [-0.05, 0) is 37.3 Å². The number of nitrogens with two attached hydrogens (primary N) is 1. The summed E-state index contributed by atoms with van der Waals surface area (Å²) in [5.41, 5.74) is 7.47. The number of aliphatic hydroxyl groups excluding tert-OH is 1. The molecule has 5 unspecified atom stereocenters. The van der Waals surface area contributed by atoms with E-state index in [0.29, 0.717) is 19.4 Å². The van der Waals surface area contributed by atoms with Gasteiger partial charge in [0.05, 0.1) is 6.10 Å². The van der Waals surface area contributed by atoms with E-state index in [9.17, 15) is 29.4 Å². The predicted molar refractivity (Wildman–Crippen MR) is 133 cm³/mol. The van der Waals surface area contributed by atoms with E-state index in [0.717, 1.165) is 16.5 Å². The number of benzene rings is 1. The van der Waals surface area contributed by atoms with Gasteiger partial charge in [-0.25, -0.2) is 4.79 Å². The zero-order chi connectivity index (χ0) is 26.6. The Kier molecular flexibility index (Phi) is 8.70. The monoisotopic (exact) mass is 501 g/mol. The molecule has 1 aliphatic heterocycles. The molecule has 1 saturated heterocycles. The van der Waals surface area contributed by atoms with E-state index in [-0.39, 0.29) is 12.3 Å². The minimum absolute atomic E-state index is 0.135. The summed E-state index contributed by atoms with van der Waals surface area (Å²) in [4.78, 5) is 55.5. The van der Waals surface area contributed by atoms with E-state index < -0.39 is 54.0 Å². The summed E-state index contributed by atoms with van der Waals surface area (Å²) in [6.45, 7) is 5.05. The topological polar surface area (TPSA) is 178 Å². The zero-order valence-electron chi connectivity index (χ0n) is 20.7. The number of carboxylic acid groups (broad SMARTS) is 1. The number of aliphatic hydroxyl groups is 1. The zero-order valence-corrected chi connectivity index (χ0v) is 20.7. The van der Waals surface area contributed by atoms with Crippen molar-refractivity contribution in [1.29, 1.82) is 0 Å². The Labute approximate surface area is 209 Å². The summed E-state index contributed by atoms with van der Waals surface area (Å²) < 4.78 is 0. The Morgan fingerprint density at radius 3 is 2.50 bits per heavy atom. The summed E-state index contributed by atoms with van der Waals surface area (Å²) in [6.07, 6.45) is 1.71. The molecule has 3 rings (SSSR count). The van der Waals surface area contributed by atoms with Crippen molar-refractivity contribution in [2.45, 2.75) is 70.3 Å². The number of nitrogens with zero attached hydrogens (tertiary/aromatic N) is 1. The largest absolute Gasteiger partial charge is 0.480 e. The lowest BCUT2D eigenvalue weighted by molar-refractivity contribution is -0.145. The molecule has 0 aliphatic carbocycles. The highest BCUT2D eigenvalue weighted by Gasteiger charge is 2.40. The van der Waals surface area contributed by atoms with E-state index in [4.69, 9.17) is 5.73 Å². The molecule has 1 aromatic heterocycles. The second-order valence-electron chi connectivity index (χ2n) is 9.65. The molecular formula is C25H35N5O6. The fourth-order valence-electron chi connectivity index (χ4n) is 4.47. The van der Waals surface area contributed by atoms with Gasteiger partial charge in [0.15, 0.2) is 0 Å². The summed E-state index contributed by atoms with van der Waals surface area (Å²) in [5.74, 6) is -3.19. The van der Waals surface area contributed by atoms with Crippen LogP contribution >= 0.6 is 0 Å². The number of para-hydroxylation sites is 1. The molecule has 0 spiro atoms. The normalized spacial score (nSPS) is 19.1. The van der Waals surface area contributed by atoms with Gasteiger partial charge in [-0.3, -0.25) is 14.4 Å². The van der Waals surface area contributed by atoms with E-state index in [2.05, 4.69) is 15.6 Å². The number of aromatic amines is 1. The predicted octanol–water partition coefficient (Wildman–Crippen LogP) is 0.120. The number of nitrogens with one attached hydrogen (secondary N) is 3. The first-order valence-electron chi connectivity index (χ1n) is 12.1. The molecule has 2 aromatic rings. The fourth-order valence-corrected chi connectivity index (χ4v) is 4.47. The summed E-state index contributed by atoms with van der Waals surface area (Å²) >= 11 is 0. The highest BCUT2D eigenvalue weighted by atomic mass is 16.4. The molecular weight excluding hydrogens is 466 g/mol. The van der Waals surface area contributed by atoms with Crippen molar-refractivity contribution in [1.82, 2.24) is 20.5 Å². The van der Waals surface area contributed by atoms with Crippen LogP contribution < -0.4 is 16.4 Å². The molecule has 0 bridgehead atoms. The molecule has 1 aromatic carbocycles. The third-order valence-electron chi connectivity index (χ3n) is 6.61. The maximum atomic E-state index is 13.7. The Hall–Kier alpha value is -3.44. The number of H-pyrrole nitrogens is 1. The number of aromatic nitrogens is 1. The number of hydrogen-bond acceptors (Lipinski definition) is 6. The minimum atomic E-state index is -1.23. The van der Waals surface area contributed by atoms with Crippen molar-refractivity contribution in [3.63, 3.8) is 0 Å². The lowest BCUT2D eigenvalue weighted by Gasteiger charge is -2.30. The molecule has 0 radical (unpaired) electrons. The molecule has 11 nitrogen and oxygen atoms in total. The van der Waals surface area contributed by atoms with Gasteiger partial charge in [0.25, 0.3) is 0 Å². The van der Waals surface area contributed by atoms with Crippen LogP contribution in [0.1, 0.15) is 39.2 Å². The van der Waals surface area contributed by atoms with E-state index >= 15 is 0 Å². The van der Waals surface area contributed by atoms with Crippen LogP contribution in [0.15, 0.2) is 30.5 Å². The molecule has 3 amide bonds. The molecule has 11 heteroatoms. The van der Waals surface area contributed by atoms with E-state index in [1.165, 1.54) is 11.8 Å². The maximum Gasteiger partial charge on any atom is 0.326 e. The second-order valence-corrected chi connectivity index (χ2v) is 9.65. The van der Waals surface area contributed by atoms with Crippen molar-refractivity contribution < 1.29 is 29.4 Å². The Morgan fingerprint density at radius 2 is 1.86 bits per heavy atom. The number of carboxylic acids is 1. The van der Waals surface area contributed by atoms with Gasteiger partial charge in [-0.1, -0.05) is 32.0 Å². The lowest BCUT2D eigenvalue weighted by Crippen LogP contribution is -2.58. The van der Waals surface area contributed by atoms with E-state index in [1.807, 2.05) is 24.3 Å². The summed E-state index contributed by atoms with van der Waals surface area (Å²) in [5, 5.41) is 25.3. The van der Waals surface area contributed by atoms with Gasteiger partial charge >= 0.3 is 5.97 Å². The fraction of sp³-hybridized carbons (Fsp3) is 0.520. The minimum Gasteiger partial charge on any atom is -0.480 e. The van der Waals surface area contributed by atoms with Gasteiger partial charge in [-0.15, -0.1) is 0 Å². The number of likely N-dealkylation sites (tertiary alicyclic amines) is 1. The number of fused-ring (bicyclic) bond motifs is 1. The van der Waals surface area contributed by atoms with Gasteiger partial charge in [0, 0.05) is 30.1 Å². The molecule has 36 heavy (non-hydrogen) atoms. The van der Waals surface area contributed by atoms with Crippen LogP contribution in [-0.2, 0) is 25.6 Å². The first kappa shape index (κ1) is 27.2. The lowest BCUT2D eigenvalue weighted by atomic mass is 10.0. The smallest absolute Gasteiger partial charge is 0.326 e. The maximum absolute atomic E-state index is 13.7. The van der Waals surface area contributed by atoms with Gasteiger partial charge in [0.2, 0.25) is 17.7 Å². The van der Waals surface area contributed by atoms with Crippen LogP contribution in [0.25, 0.3) is 10.9 Å². The van der Waals surface area contributed by atoms with Crippen molar-refractivity contribution in [2.24, 2.45) is 11.7 Å². The average Bonchev–Trinajstić information content (AvgIpc) is 3.48. The van der Waals surface area contributed by atoms with E-state index in [1.54, 1.807) is 20.0 Å². The SMILES string of the molecule is CC(C)C(NC(=O)C1CCCN1C(=O)C(Cc1c[nH]c2ccccc12)NC(=O)C(N)C(C)O)C(=O)O. The third-order valence-corrected chi connectivity index (χ3v) is 6.61. The molecule has 1 fully saturated rings. The quantitative estimate of drug-likeness (QED) is 0.268. The number of hydrogen-bond donors (Lipinski definition) is 6. The molecule has 0 saturated carbocycles. The summed E-state index contributed by atoms with van der Waals surface area (Å²) in [6, 6.07) is 3.32. The summed E-state index contributed by atoms with van der Waals surface area (Å²) in [7, 11) is 0. The van der Waals surface area contributed by atoms with Gasteiger partial charge in [0.1, 0.15) is 24.2 Å². The highest BCUT2D eigenvalue weighted by Crippen LogP contribution is 2.23. The number of amides is 3. The van der Waals surface area contributed by atoms with Crippen LogP contribution in [0, 0.1) is 5.92 Å². The third kappa shape index (κ3) is 6.03. The molecule has 2 heterocycles. The number of carbonyl (C=O) groups excluding carboxylic acids is 3. The van der Waals surface area contributed by atoms with Crippen molar-refractivity contribution in [3.8, 4) is 0 Å². The molecule has 5 atom stereocenters. The Bertz CT molecular complexity index is 1110. The van der Waals surface area contributed by atoms with Crippen molar-refractivity contribution >= 4 is 34.6 Å². The second kappa shape index (κ2) is 11.5. The van der Waals surface area contributed by atoms with Gasteiger partial charge in [-0.2, -0.15) is 0 Å². The average molecular weight is 502 g/mol. The van der Waals surface area contributed by atoms with Crippen LogP contribution in [0.4, 0.5) is 0 Å². The van der Waals surface area contributed by atoms with Crippen LogP contribution in [-0.4, -0.2) is 80.6 Å². The number of aliphatic carboxylic acids is 1. The highest BCUT2D eigenvalue weighted by molar-refractivity contribution is 5.95. The molecule has 196 valence electrons. The van der Waals surface area contributed by atoms with Crippen LogP contribution in [0.2, 0.25) is 0 Å². The first-order valence-corrected chi connectivity index (χ1v) is 12.1. The first-order chi connectivity index (χ1) is 17.0. The van der Waals surface area contributed by atoms with Crippen molar-refractivity contribution in [2.75, 3.05) is 6.54 Å². The standard InChI is InChI=1S/C25H35N5O6/c1-13(2)21(25(35)36)29-22(32)19-9-6-10-30(19)24(34)18(28-23(33)20(26)14(3)31)11-15-12-27-17-8-5-4-7-16(15)17/h4-5,7-8,12-14,18-21,27,31H,6,9-11,26H2,1-3H3,(H,28,33)(H,29,32)(H,35,36). The Balaban J connectivity index is 1.85. The number of rotatable bonds is 10. The number of carbonyl (C=O) groups is 4. The van der Waals surface area contributed by atoms with Crippen LogP contribution in [0.5, 0.6) is 0 Å². The van der Waals surface area contributed by atoms with Crippen molar-refractivity contribution in [3.05, 3.63) is 36.0 Å². The molecule has 7 N–H and O–H groups in total. The van der Waals surface area contributed by atoms with Gasteiger partial charge < -0.3 is 36.5 Å². The Morgan fingerprint density at radius 1 is 1.17 bits per heavy atom. The van der Waals surface area contributed by atoms with Crippen LogP contribution in [0.3, 0.4) is 0 Å². The molecule has 1 aliphatic rings.